The van der Waals surface area contributed by atoms with Gasteiger partial charge in [0.15, 0.2) is 0 Å². The van der Waals surface area contributed by atoms with Gasteiger partial charge in [0.1, 0.15) is 0 Å². The maximum atomic E-state index is 11.7. The van der Waals surface area contributed by atoms with Gasteiger partial charge in [-0.05, 0) is 36.2 Å². The highest BCUT2D eigenvalue weighted by Gasteiger charge is 2.34. The van der Waals surface area contributed by atoms with Gasteiger partial charge in [0, 0.05) is 50.9 Å². The smallest absolute Gasteiger partial charge is 0.217 e. The Hall–Kier alpha value is -2.92. The SMILES string of the molecule is CC(=O)N[C@@H]1CN(Cc2ccc(-n3cccn3)cc2)C[C@H]1c1ccc(C)cc1. The molecule has 1 fully saturated rings. The Morgan fingerprint density at radius 2 is 1.86 bits per heavy atom. The first-order chi connectivity index (χ1) is 13.6. The summed E-state index contributed by atoms with van der Waals surface area (Å²) in [5.41, 5.74) is 4.87. The second-order valence-electron chi connectivity index (χ2n) is 7.64. The summed E-state index contributed by atoms with van der Waals surface area (Å²) in [5.74, 6) is 0.348. The number of amides is 1. The first-order valence-electron chi connectivity index (χ1n) is 9.73. The minimum absolute atomic E-state index is 0.0348. The summed E-state index contributed by atoms with van der Waals surface area (Å²) in [5, 5.41) is 7.43. The molecule has 1 saturated heterocycles. The van der Waals surface area contributed by atoms with Crippen molar-refractivity contribution in [2.24, 2.45) is 0 Å². The highest BCUT2D eigenvalue weighted by Crippen LogP contribution is 2.29. The third kappa shape index (κ3) is 4.15. The van der Waals surface area contributed by atoms with Crippen LogP contribution in [-0.2, 0) is 11.3 Å². The highest BCUT2D eigenvalue weighted by atomic mass is 16.1. The molecule has 28 heavy (non-hydrogen) atoms. The van der Waals surface area contributed by atoms with E-state index in [0.717, 1.165) is 25.3 Å². The fourth-order valence-corrected chi connectivity index (χ4v) is 4.01. The number of aryl methyl sites for hydroxylation is 1. The van der Waals surface area contributed by atoms with Crippen LogP contribution >= 0.6 is 0 Å². The van der Waals surface area contributed by atoms with E-state index in [0.29, 0.717) is 5.92 Å². The number of nitrogens with one attached hydrogen (secondary N) is 1. The van der Waals surface area contributed by atoms with Crippen LogP contribution in [0.25, 0.3) is 5.69 Å². The topological polar surface area (TPSA) is 50.2 Å². The Balaban J connectivity index is 1.47. The van der Waals surface area contributed by atoms with E-state index < -0.39 is 0 Å². The molecule has 0 saturated carbocycles. The number of rotatable bonds is 5. The fraction of sp³-hybridized carbons (Fsp3) is 0.304. The average Bonchev–Trinajstić information content (AvgIpc) is 3.33. The molecular weight excluding hydrogens is 348 g/mol. The van der Waals surface area contributed by atoms with E-state index in [1.165, 1.54) is 16.7 Å². The molecule has 1 amide bonds. The molecule has 0 spiro atoms. The maximum Gasteiger partial charge on any atom is 0.217 e. The molecule has 5 nitrogen and oxygen atoms in total. The minimum atomic E-state index is 0.0348. The summed E-state index contributed by atoms with van der Waals surface area (Å²) < 4.78 is 1.86. The largest absolute Gasteiger partial charge is 0.352 e. The van der Waals surface area contributed by atoms with E-state index in [9.17, 15) is 4.79 Å². The number of carbonyl (C=O) groups excluding carboxylic acids is 1. The molecule has 3 aromatic rings. The van der Waals surface area contributed by atoms with Crippen LogP contribution < -0.4 is 5.32 Å². The van der Waals surface area contributed by atoms with Crippen molar-refractivity contribution in [1.29, 1.82) is 0 Å². The normalized spacial score (nSPS) is 19.6. The number of aromatic nitrogens is 2. The van der Waals surface area contributed by atoms with Crippen molar-refractivity contribution < 1.29 is 4.79 Å². The van der Waals surface area contributed by atoms with Crippen LogP contribution in [0.1, 0.15) is 29.5 Å². The minimum Gasteiger partial charge on any atom is -0.352 e. The predicted molar refractivity (Wildman–Crippen MR) is 110 cm³/mol. The van der Waals surface area contributed by atoms with E-state index in [2.05, 4.69) is 70.8 Å². The van der Waals surface area contributed by atoms with Crippen molar-refractivity contribution in [2.45, 2.75) is 32.4 Å². The Labute approximate surface area is 166 Å². The van der Waals surface area contributed by atoms with Crippen LogP contribution in [0.3, 0.4) is 0 Å². The number of likely N-dealkylation sites (tertiary alicyclic amines) is 1. The van der Waals surface area contributed by atoms with Crippen molar-refractivity contribution in [1.82, 2.24) is 20.0 Å². The molecule has 1 aliphatic heterocycles. The van der Waals surface area contributed by atoms with E-state index in [-0.39, 0.29) is 11.9 Å². The van der Waals surface area contributed by atoms with Crippen LogP contribution in [0.2, 0.25) is 0 Å². The number of hydrogen-bond acceptors (Lipinski definition) is 3. The molecular formula is C23H26N4O. The van der Waals surface area contributed by atoms with Crippen LogP contribution in [0.4, 0.5) is 0 Å². The zero-order valence-corrected chi connectivity index (χ0v) is 16.4. The summed E-state index contributed by atoms with van der Waals surface area (Å²) in [6, 6.07) is 19.3. The van der Waals surface area contributed by atoms with E-state index >= 15 is 0 Å². The van der Waals surface area contributed by atoms with Gasteiger partial charge in [-0.15, -0.1) is 0 Å². The second-order valence-corrected chi connectivity index (χ2v) is 7.64. The van der Waals surface area contributed by atoms with Crippen LogP contribution in [0.15, 0.2) is 67.0 Å². The van der Waals surface area contributed by atoms with Gasteiger partial charge in [0.2, 0.25) is 5.91 Å². The zero-order valence-electron chi connectivity index (χ0n) is 16.4. The van der Waals surface area contributed by atoms with Gasteiger partial charge >= 0.3 is 0 Å². The lowest BCUT2D eigenvalue weighted by atomic mass is 9.93. The molecule has 2 heterocycles. The molecule has 1 N–H and O–H groups in total. The summed E-state index contributed by atoms with van der Waals surface area (Å²) in [6.07, 6.45) is 3.73. The van der Waals surface area contributed by atoms with Crippen molar-refractivity contribution in [3.63, 3.8) is 0 Å². The summed E-state index contributed by atoms with van der Waals surface area (Å²) in [4.78, 5) is 14.1. The Kier molecular flexibility index (Phi) is 5.26. The van der Waals surface area contributed by atoms with Gasteiger partial charge in [-0.25, -0.2) is 4.68 Å². The van der Waals surface area contributed by atoms with Crippen LogP contribution in [-0.4, -0.2) is 39.7 Å². The second kappa shape index (κ2) is 7.98. The van der Waals surface area contributed by atoms with Crippen LogP contribution in [0.5, 0.6) is 0 Å². The molecule has 5 heteroatoms. The quantitative estimate of drug-likeness (QED) is 0.746. The maximum absolute atomic E-state index is 11.7. The predicted octanol–water partition coefficient (Wildman–Crippen LogP) is 3.28. The van der Waals surface area contributed by atoms with Gasteiger partial charge in [-0.2, -0.15) is 5.10 Å². The number of nitrogens with zero attached hydrogens (tertiary/aromatic N) is 3. The molecule has 0 unspecified atom stereocenters. The third-order valence-corrected chi connectivity index (χ3v) is 5.40. The number of benzene rings is 2. The Morgan fingerprint density at radius 1 is 1.11 bits per heavy atom. The van der Waals surface area contributed by atoms with Gasteiger partial charge in [-0.3, -0.25) is 9.69 Å². The lowest BCUT2D eigenvalue weighted by molar-refractivity contribution is -0.119. The number of carbonyl (C=O) groups is 1. The lowest BCUT2D eigenvalue weighted by Gasteiger charge is -2.19. The van der Waals surface area contributed by atoms with E-state index in [4.69, 9.17) is 0 Å². The van der Waals surface area contributed by atoms with Crippen molar-refractivity contribution in [3.8, 4) is 5.69 Å². The van der Waals surface area contributed by atoms with Crippen molar-refractivity contribution >= 4 is 5.91 Å². The van der Waals surface area contributed by atoms with Gasteiger partial charge in [-0.1, -0.05) is 42.0 Å². The molecule has 1 aliphatic rings. The molecule has 0 radical (unpaired) electrons. The van der Waals surface area contributed by atoms with Gasteiger partial charge in [0.25, 0.3) is 0 Å². The van der Waals surface area contributed by atoms with Crippen LogP contribution in [0, 0.1) is 6.92 Å². The molecule has 0 bridgehead atoms. The van der Waals surface area contributed by atoms with E-state index in [1.54, 1.807) is 13.1 Å². The fourth-order valence-electron chi connectivity index (χ4n) is 4.01. The zero-order chi connectivity index (χ0) is 19.5. The molecule has 2 atom stereocenters. The first-order valence-corrected chi connectivity index (χ1v) is 9.73. The standard InChI is InChI=1S/C23H26N4O/c1-17-4-8-20(9-5-17)22-15-26(16-23(22)25-18(2)28)14-19-6-10-21(11-7-19)27-13-3-12-24-27/h3-13,22-23H,14-16H2,1-2H3,(H,25,28)/t22-,23+/m0/s1. The molecule has 1 aromatic heterocycles. The molecule has 4 rings (SSSR count). The van der Waals surface area contributed by atoms with E-state index in [1.807, 2.05) is 16.9 Å². The first kappa shape index (κ1) is 18.4. The molecule has 0 aliphatic carbocycles. The van der Waals surface area contributed by atoms with Crippen molar-refractivity contribution in [3.05, 3.63) is 83.7 Å². The molecule has 2 aromatic carbocycles. The number of hydrogen-bond donors (Lipinski definition) is 1. The third-order valence-electron chi connectivity index (χ3n) is 5.40. The van der Waals surface area contributed by atoms with Crippen molar-refractivity contribution in [2.75, 3.05) is 13.1 Å². The summed E-state index contributed by atoms with van der Waals surface area (Å²) >= 11 is 0. The Morgan fingerprint density at radius 3 is 2.50 bits per heavy atom. The van der Waals surface area contributed by atoms with Gasteiger partial charge < -0.3 is 5.32 Å². The summed E-state index contributed by atoms with van der Waals surface area (Å²) in [6.45, 7) is 6.37. The highest BCUT2D eigenvalue weighted by molar-refractivity contribution is 5.73. The monoisotopic (exact) mass is 374 g/mol. The summed E-state index contributed by atoms with van der Waals surface area (Å²) in [7, 11) is 0. The Bertz CT molecular complexity index is 916. The lowest BCUT2D eigenvalue weighted by Crippen LogP contribution is -2.38. The molecule has 144 valence electrons. The average molecular weight is 374 g/mol. The van der Waals surface area contributed by atoms with Gasteiger partial charge in [0.05, 0.1) is 5.69 Å².